The lowest BCUT2D eigenvalue weighted by Gasteiger charge is -2.18. The summed E-state index contributed by atoms with van der Waals surface area (Å²) in [5, 5.41) is 11.3. The molecule has 0 aliphatic carbocycles. The van der Waals surface area contributed by atoms with E-state index < -0.39 is 12.0 Å². The van der Waals surface area contributed by atoms with Crippen LogP contribution in [-0.2, 0) is 16.1 Å². The third kappa shape index (κ3) is 4.55. The Hall–Kier alpha value is -1.88. The summed E-state index contributed by atoms with van der Waals surface area (Å²) in [5.41, 5.74) is 1.04. The molecular weight excluding hydrogens is 232 g/mol. The molecule has 1 atom stereocenters. The zero-order valence-corrected chi connectivity index (χ0v) is 10.6. The summed E-state index contributed by atoms with van der Waals surface area (Å²) in [4.78, 5) is 23.9. The molecule has 5 heteroatoms. The van der Waals surface area contributed by atoms with E-state index in [0.29, 0.717) is 6.54 Å². The highest BCUT2D eigenvalue weighted by atomic mass is 16.4. The van der Waals surface area contributed by atoms with Gasteiger partial charge in [-0.25, -0.2) is 0 Å². The van der Waals surface area contributed by atoms with Gasteiger partial charge in [-0.3, -0.25) is 14.9 Å². The monoisotopic (exact) mass is 250 g/mol. The molecule has 0 radical (unpaired) electrons. The summed E-state index contributed by atoms with van der Waals surface area (Å²) >= 11 is 0. The average Bonchev–Trinajstić information content (AvgIpc) is 2.36. The number of rotatable bonds is 6. The molecule has 1 amide bonds. The Morgan fingerprint density at radius 3 is 2.50 bits per heavy atom. The lowest BCUT2D eigenvalue weighted by molar-refractivity contribution is -0.139. The van der Waals surface area contributed by atoms with Gasteiger partial charge in [-0.05, 0) is 12.5 Å². The number of amides is 1. The Kier molecular flexibility index (Phi) is 5.32. The molecule has 1 aromatic carbocycles. The highest BCUT2D eigenvalue weighted by Gasteiger charge is 2.14. The second-order valence-electron chi connectivity index (χ2n) is 4.18. The van der Waals surface area contributed by atoms with E-state index in [4.69, 9.17) is 5.11 Å². The fourth-order valence-electron chi connectivity index (χ4n) is 1.41. The van der Waals surface area contributed by atoms with Crippen LogP contribution in [0.1, 0.15) is 12.5 Å². The number of nitrogens with zero attached hydrogens (tertiary/aromatic N) is 1. The minimum atomic E-state index is -0.964. The van der Waals surface area contributed by atoms with Gasteiger partial charge in [0.25, 0.3) is 0 Å². The summed E-state index contributed by atoms with van der Waals surface area (Å²) in [6.07, 6.45) is 0. The van der Waals surface area contributed by atoms with Crippen LogP contribution in [-0.4, -0.2) is 41.5 Å². The van der Waals surface area contributed by atoms with Crippen LogP contribution < -0.4 is 5.32 Å². The summed E-state index contributed by atoms with van der Waals surface area (Å²) in [6, 6.07) is 8.91. The van der Waals surface area contributed by atoms with Gasteiger partial charge in [-0.15, -0.1) is 0 Å². The Balaban J connectivity index is 2.40. The van der Waals surface area contributed by atoms with E-state index in [1.165, 1.54) is 6.92 Å². The van der Waals surface area contributed by atoms with E-state index in [9.17, 15) is 9.59 Å². The van der Waals surface area contributed by atoms with Gasteiger partial charge in [-0.1, -0.05) is 30.3 Å². The molecular formula is C13H18N2O3. The predicted molar refractivity (Wildman–Crippen MR) is 68.0 cm³/mol. The van der Waals surface area contributed by atoms with Crippen LogP contribution in [0.15, 0.2) is 30.3 Å². The number of carboxylic acid groups (broad SMARTS) is 1. The zero-order chi connectivity index (χ0) is 13.5. The topological polar surface area (TPSA) is 69.6 Å². The molecule has 0 aromatic heterocycles. The van der Waals surface area contributed by atoms with Crippen LogP contribution in [0.5, 0.6) is 0 Å². The summed E-state index contributed by atoms with van der Waals surface area (Å²) in [6.45, 7) is 2.05. The number of benzene rings is 1. The molecule has 1 aromatic rings. The van der Waals surface area contributed by atoms with Crippen LogP contribution in [0, 0.1) is 0 Å². The first kappa shape index (κ1) is 14.2. The Morgan fingerprint density at radius 1 is 1.33 bits per heavy atom. The Labute approximate surface area is 106 Å². The smallest absolute Gasteiger partial charge is 0.320 e. The van der Waals surface area contributed by atoms with Gasteiger partial charge in [0.1, 0.15) is 6.04 Å². The lowest BCUT2D eigenvalue weighted by atomic mass is 10.2. The zero-order valence-electron chi connectivity index (χ0n) is 10.6. The first-order chi connectivity index (χ1) is 8.50. The molecule has 0 bridgehead atoms. The molecule has 0 unspecified atom stereocenters. The van der Waals surface area contributed by atoms with Crippen LogP contribution >= 0.6 is 0 Å². The molecule has 5 nitrogen and oxygen atoms in total. The van der Waals surface area contributed by atoms with Crippen molar-refractivity contribution in [1.82, 2.24) is 10.2 Å². The quantitative estimate of drug-likeness (QED) is 0.780. The third-order valence-corrected chi connectivity index (χ3v) is 2.62. The minimum Gasteiger partial charge on any atom is -0.480 e. The van der Waals surface area contributed by atoms with Crippen molar-refractivity contribution in [3.05, 3.63) is 35.9 Å². The number of carbonyl (C=O) groups excluding carboxylic acids is 1. The van der Waals surface area contributed by atoms with Crippen molar-refractivity contribution in [2.24, 2.45) is 0 Å². The van der Waals surface area contributed by atoms with Gasteiger partial charge in [0.2, 0.25) is 5.91 Å². The molecule has 0 heterocycles. The third-order valence-electron chi connectivity index (χ3n) is 2.62. The molecule has 0 fully saturated rings. The van der Waals surface area contributed by atoms with E-state index in [-0.39, 0.29) is 12.5 Å². The van der Waals surface area contributed by atoms with Crippen molar-refractivity contribution in [2.45, 2.75) is 19.5 Å². The highest BCUT2D eigenvalue weighted by molar-refractivity contribution is 5.79. The molecule has 1 rings (SSSR count). The molecule has 2 N–H and O–H groups in total. The number of likely N-dealkylation sites (N-methyl/N-ethyl adjacent to an activating group) is 1. The van der Waals surface area contributed by atoms with Crippen molar-refractivity contribution in [2.75, 3.05) is 13.6 Å². The van der Waals surface area contributed by atoms with Crippen LogP contribution in [0.4, 0.5) is 0 Å². The van der Waals surface area contributed by atoms with E-state index in [2.05, 4.69) is 5.32 Å². The number of hydrogen-bond acceptors (Lipinski definition) is 3. The van der Waals surface area contributed by atoms with E-state index in [0.717, 1.165) is 5.56 Å². The van der Waals surface area contributed by atoms with Gasteiger partial charge in [0.15, 0.2) is 0 Å². The highest BCUT2D eigenvalue weighted by Crippen LogP contribution is 2.02. The maximum atomic E-state index is 11.7. The van der Waals surface area contributed by atoms with E-state index >= 15 is 0 Å². The number of hydrogen-bond donors (Lipinski definition) is 2. The number of carboxylic acids is 1. The van der Waals surface area contributed by atoms with Crippen molar-refractivity contribution in [3.8, 4) is 0 Å². The van der Waals surface area contributed by atoms with Crippen molar-refractivity contribution < 1.29 is 14.7 Å². The normalized spacial score (nSPS) is 11.9. The molecule has 0 aliphatic rings. The Morgan fingerprint density at radius 2 is 1.94 bits per heavy atom. The Bertz CT molecular complexity index is 406. The second kappa shape index (κ2) is 6.76. The standard InChI is InChI=1S/C13H18N2O3/c1-10(13(17)18)14-8-12(16)15(2)9-11-6-4-3-5-7-11/h3-7,10,14H,8-9H2,1-2H3,(H,17,18)/t10-/m0/s1. The van der Waals surface area contributed by atoms with Crippen molar-refractivity contribution in [1.29, 1.82) is 0 Å². The second-order valence-corrected chi connectivity index (χ2v) is 4.18. The van der Waals surface area contributed by atoms with E-state index in [1.807, 2.05) is 30.3 Å². The van der Waals surface area contributed by atoms with Crippen molar-refractivity contribution >= 4 is 11.9 Å². The van der Waals surface area contributed by atoms with Gasteiger partial charge in [-0.2, -0.15) is 0 Å². The minimum absolute atomic E-state index is 0.0246. The average molecular weight is 250 g/mol. The molecule has 0 spiro atoms. The van der Waals surface area contributed by atoms with Crippen LogP contribution in [0.25, 0.3) is 0 Å². The number of nitrogens with one attached hydrogen (secondary N) is 1. The lowest BCUT2D eigenvalue weighted by Crippen LogP contribution is -2.41. The van der Waals surface area contributed by atoms with Gasteiger partial charge >= 0.3 is 5.97 Å². The largest absolute Gasteiger partial charge is 0.480 e. The van der Waals surface area contributed by atoms with Crippen LogP contribution in [0.2, 0.25) is 0 Å². The van der Waals surface area contributed by atoms with Crippen molar-refractivity contribution in [3.63, 3.8) is 0 Å². The number of carbonyl (C=O) groups is 2. The maximum absolute atomic E-state index is 11.7. The molecule has 0 aliphatic heterocycles. The molecule has 0 saturated heterocycles. The number of aliphatic carboxylic acids is 1. The maximum Gasteiger partial charge on any atom is 0.320 e. The first-order valence-corrected chi connectivity index (χ1v) is 5.74. The fraction of sp³-hybridized carbons (Fsp3) is 0.385. The summed E-state index contributed by atoms with van der Waals surface area (Å²) < 4.78 is 0. The SMILES string of the molecule is C[C@H](NCC(=O)N(C)Cc1ccccc1)C(=O)O. The predicted octanol–water partition coefficient (Wildman–Crippen LogP) is 0.708. The molecule has 18 heavy (non-hydrogen) atoms. The van der Waals surface area contributed by atoms with Gasteiger partial charge in [0.05, 0.1) is 6.54 Å². The summed E-state index contributed by atoms with van der Waals surface area (Å²) in [5.74, 6) is -1.10. The molecule has 0 saturated carbocycles. The van der Waals surface area contributed by atoms with Gasteiger partial charge < -0.3 is 10.0 Å². The van der Waals surface area contributed by atoms with Gasteiger partial charge in [0, 0.05) is 13.6 Å². The molecule has 98 valence electrons. The van der Waals surface area contributed by atoms with Crippen LogP contribution in [0.3, 0.4) is 0 Å². The fourth-order valence-corrected chi connectivity index (χ4v) is 1.41. The van der Waals surface area contributed by atoms with E-state index in [1.54, 1.807) is 11.9 Å². The first-order valence-electron chi connectivity index (χ1n) is 5.74. The summed E-state index contributed by atoms with van der Waals surface area (Å²) in [7, 11) is 1.70.